The molecule has 1 rings (SSSR count). The summed E-state index contributed by atoms with van der Waals surface area (Å²) >= 11 is 1.60. The van der Waals surface area contributed by atoms with Gasteiger partial charge in [-0.2, -0.15) is 0 Å². The van der Waals surface area contributed by atoms with Crippen molar-refractivity contribution < 1.29 is 0 Å². The van der Waals surface area contributed by atoms with E-state index in [1.165, 1.54) is 10.6 Å². The first kappa shape index (κ1) is 10.5. The molecule has 0 spiro atoms. The lowest BCUT2D eigenvalue weighted by atomic mass is 9.87. The van der Waals surface area contributed by atoms with Crippen LogP contribution in [-0.4, -0.2) is 4.57 Å². The van der Waals surface area contributed by atoms with Gasteiger partial charge >= 0.3 is 0 Å². The van der Waals surface area contributed by atoms with E-state index in [2.05, 4.69) is 27.7 Å². The Morgan fingerprint density at radius 3 is 2.31 bits per heavy atom. The van der Waals surface area contributed by atoms with E-state index >= 15 is 0 Å². The minimum absolute atomic E-state index is 0.214. The Morgan fingerprint density at radius 1 is 1.46 bits per heavy atom. The largest absolute Gasteiger partial charge is 0.324 e. The smallest absolute Gasteiger partial charge is 0.182 e. The number of hydrogen-bond acceptors (Lipinski definition) is 2. The molecule has 1 N–H and O–H groups in total. The Balaban J connectivity index is 3.32. The Kier molecular flexibility index (Phi) is 2.66. The number of nitrogens with zero attached hydrogens (tertiary/aromatic N) is 1. The number of rotatable bonds is 2. The van der Waals surface area contributed by atoms with Crippen molar-refractivity contribution in [1.29, 1.82) is 5.41 Å². The van der Waals surface area contributed by atoms with Gasteiger partial charge in [0.05, 0.1) is 0 Å². The molecule has 0 amide bonds. The summed E-state index contributed by atoms with van der Waals surface area (Å²) in [5, 5.41) is 7.72. The van der Waals surface area contributed by atoms with Crippen LogP contribution in [0.15, 0.2) is 0 Å². The molecule has 0 aromatic carbocycles. The highest BCUT2D eigenvalue weighted by atomic mass is 32.1. The fourth-order valence-corrected chi connectivity index (χ4v) is 2.50. The molecule has 0 radical (unpaired) electrons. The topological polar surface area (TPSA) is 28.8 Å². The highest BCUT2D eigenvalue weighted by molar-refractivity contribution is 7.09. The molecule has 0 bridgehead atoms. The monoisotopic (exact) mass is 198 g/mol. The zero-order valence-corrected chi connectivity index (χ0v) is 9.88. The van der Waals surface area contributed by atoms with Crippen molar-refractivity contribution >= 4 is 11.3 Å². The van der Waals surface area contributed by atoms with Crippen LogP contribution in [0.3, 0.4) is 0 Å². The van der Waals surface area contributed by atoms with Crippen molar-refractivity contribution in [3.8, 4) is 0 Å². The van der Waals surface area contributed by atoms with Crippen molar-refractivity contribution in [2.45, 2.75) is 39.5 Å². The average Bonchev–Trinajstić information content (AvgIpc) is 2.33. The van der Waals surface area contributed by atoms with Crippen molar-refractivity contribution in [3.05, 3.63) is 15.4 Å². The van der Waals surface area contributed by atoms with E-state index in [1.54, 1.807) is 11.3 Å². The lowest BCUT2D eigenvalue weighted by Crippen LogP contribution is -2.15. The summed E-state index contributed by atoms with van der Waals surface area (Å²) in [5.41, 5.74) is 1.45. The maximum absolute atomic E-state index is 7.72. The first-order valence-corrected chi connectivity index (χ1v) is 5.43. The van der Waals surface area contributed by atoms with Crippen molar-refractivity contribution in [2.24, 2.45) is 7.05 Å². The van der Waals surface area contributed by atoms with E-state index in [0.717, 1.165) is 6.42 Å². The third kappa shape index (κ3) is 1.70. The molecule has 1 heterocycles. The summed E-state index contributed by atoms with van der Waals surface area (Å²) in [6, 6.07) is 0. The van der Waals surface area contributed by atoms with Gasteiger partial charge in [0.1, 0.15) is 0 Å². The summed E-state index contributed by atoms with van der Waals surface area (Å²) in [6.07, 6.45) is 1.12. The molecule has 0 fully saturated rings. The van der Waals surface area contributed by atoms with Crippen LogP contribution >= 0.6 is 11.3 Å². The number of nitrogens with one attached hydrogen (secondary N) is 1. The quantitative estimate of drug-likeness (QED) is 0.757. The van der Waals surface area contributed by atoms with Crippen LogP contribution in [0.4, 0.5) is 0 Å². The van der Waals surface area contributed by atoms with Crippen LogP contribution in [0.25, 0.3) is 0 Å². The molecule has 2 nitrogen and oxygen atoms in total. The fraction of sp³-hybridized carbons (Fsp3) is 0.700. The molecule has 3 heteroatoms. The van der Waals surface area contributed by atoms with Crippen LogP contribution in [0.2, 0.25) is 0 Å². The van der Waals surface area contributed by atoms with E-state index in [9.17, 15) is 0 Å². The fourth-order valence-electron chi connectivity index (χ4n) is 1.33. The van der Waals surface area contributed by atoms with Crippen LogP contribution in [0.5, 0.6) is 0 Å². The number of hydrogen-bond donors (Lipinski definition) is 1. The van der Waals surface area contributed by atoms with Crippen molar-refractivity contribution in [1.82, 2.24) is 4.57 Å². The second-order valence-electron chi connectivity index (χ2n) is 4.12. The van der Waals surface area contributed by atoms with Gasteiger partial charge in [0.25, 0.3) is 0 Å². The lowest BCUT2D eigenvalue weighted by Gasteiger charge is -2.21. The van der Waals surface area contributed by atoms with E-state index in [-0.39, 0.29) is 5.41 Å². The van der Waals surface area contributed by atoms with Gasteiger partial charge in [0.2, 0.25) is 0 Å². The zero-order valence-electron chi connectivity index (χ0n) is 9.06. The number of thiazole rings is 1. The predicted molar refractivity (Wildman–Crippen MR) is 57.2 cm³/mol. The van der Waals surface area contributed by atoms with E-state index in [1.807, 2.05) is 11.6 Å². The molecule has 0 saturated heterocycles. The van der Waals surface area contributed by atoms with E-state index in [4.69, 9.17) is 5.41 Å². The van der Waals surface area contributed by atoms with Crippen LogP contribution in [0, 0.1) is 12.3 Å². The minimum atomic E-state index is 0.214. The zero-order chi connectivity index (χ0) is 10.2. The molecule has 0 aliphatic rings. The van der Waals surface area contributed by atoms with Crippen LogP contribution in [-0.2, 0) is 12.5 Å². The second-order valence-corrected chi connectivity index (χ2v) is 5.12. The third-order valence-electron chi connectivity index (χ3n) is 2.83. The summed E-state index contributed by atoms with van der Waals surface area (Å²) in [5.74, 6) is 0. The minimum Gasteiger partial charge on any atom is -0.324 e. The maximum Gasteiger partial charge on any atom is 0.182 e. The standard InChI is InChI=1S/C10H18N2S/c1-6-10(3,4)8-7(2)12(5)9(11)13-8/h11H,6H2,1-5H3. The normalized spacial score (nSPS) is 12.1. The molecule has 0 aliphatic carbocycles. The van der Waals surface area contributed by atoms with E-state index in [0.29, 0.717) is 4.80 Å². The molecule has 0 unspecified atom stereocenters. The summed E-state index contributed by atoms with van der Waals surface area (Å²) in [6.45, 7) is 8.78. The molecule has 13 heavy (non-hydrogen) atoms. The average molecular weight is 198 g/mol. The molecule has 1 aromatic rings. The molecule has 74 valence electrons. The molecule has 0 aliphatic heterocycles. The first-order chi connectivity index (χ1) is 5.90. The summed E-state index contributed by atoms with van der Waals surface area (Å²) in [7, 11) is 1.96. The van der Waals surface area contributed by atoms with Crippen LogP contribution < -0.4 is 4.80 Å². The van der Waals surface area contributed by atoms with Gasteiger partial charge < -0.3 is 4.57 Å². The maximum atomic E-state index is 7.72. The van der Waals surface area contributed by atoms with Gasteiger partial charge in [0.15, 0.2) is 4.80 Å². The van der Waals surface area contributed by atoms with Gasteiger partial charge in [-0.15, -0.1) is 11.3 Å². The van der Waals surface area contributed by atoms with Crippen molar-refractivity contribution in [3.63, 3.8) is 0 Å². The highest BCUT2D eigenvalue weighted by Crippen LogP contribution is 2.31. The summed E-state index contributed by atoms with van der Waals surface area (Å²) < 4.78 is 1.96. The lowest BCUT2D eigenvalue weighted by molar-refractivity contribution is 0.510. The Bertz CT molecular complexity index is 357. The third-order valence-corrected chi connectivity index (χ3v) is 4.35. The number of aromatic nitrogens is 1. The van der Waals surface area contributed by atoms with Gasteiger partial charge in [-0.25, -0.2) is 0 Å². The van der Waals surface area contributed by atoms with Gasteiger partial charge in [-0.3, -0.25) is 5.41 Å². The Morgan fingerprint density at radius 2 is 2.00 bits per heavy atom. The van der Waals surface area contributed by atoms with Gasteiger partial charge in [0, 0.05) is 23.0 Å². The van der Waals surface area contributed by atoms with Gasteiger partial charge in [-0.05, 0) is 13.3 Å². The predicted octanol–water partition coefficient (Wildman–Crippen LogP) is 2.56. The molecule has 0 saturated carbocycles. The van der Waals surface area contributed by atoms with Gasteiger partial charge in [-0.1, -0.05) is 20.8 Å². The van der Waals surface area contributed by atoms with Crippen molar-refractivity contribution in [2.75, 3.05) is 0 Å². The second kappa shape index (κ2) is 3.29. The SMILES string of the molecule is CCC(C)(C)c1sc(=N)n(C)c1C. The highest BCUT2D eigenvalue weighted by Gasteiger charge is 2.23. The molecular formula is C10H18N2S. The Labute approximate surface area is 83.7 Å². The molecule has 1 aromatic heterocycles. The van der Waals surface area contributed by atoms with Crippen LogP contribution in [0.1, 0.15) is 37.8 Å². The molecule has 0 atom stereocenters. The summed E-state index contributed by atoms with van der Waals surface area (Å²) in [4.78, 5) is 2.00. The van der Waals surface area contributed by atoms with E-state index < -0.39 is 0 Å². The molecular weight excluding hydrogens is 180 g/mol. The Hall–Kier alpha value is -0.570. The first-order valence-electron chi connectivity index (χ1n) is 4.61.